The van der Waals surface area contributed by atoms with E-state index in [1.807, 2.05) is 0 Å². The molecule has 5 heteroatoms. The van der Waals surface area contributed by atoms with Gasteiger partial charge in [0.15, 0.2) is 0 Å². The zero-order chi connectivity index (χ0) is 15.3. The fourth-order valence-corrected chi connectivity index (χ4v) is 6.13. The summed E-state index contributed by atoms with van der Waals surface area (Å²) < 4.78 is 27.9. The predicted octanol–water partition coefficient (Wildman–Crippen LogP) is 3.20. The average molecular weight is 309 g/mol. The van der Waals surface area contributed by atoms with Gasteiger partial charge in [-0.2, -0.15) is 4.40 Å². The maximum atomic E-state index is 12.7. The molecule has 0 spiro atoms. The first-order chi connectivity index (χ1) is 9.91. The van der Waals surface area contributed by atoms with Crippen LogP contribution in [0, 0.1) is 16.7 Å². The number of hydrogen-bond acceptors (Lipinski definition) is 3. The second-order valence-electron chi connectivity index (χ2n) is 6.93. The van der Waals surface area contributed by atoms with Crippen LogP contribution in [0.3, 0.4) is 0 Å². The van der Waals surface area contributed by atoms with Crippen LogP contribution >= 0.6 is 0 Å². The van der Waals surface area contributed by atoms with Crippen molar-refractivity contribution >= 4 is 17.2 Å². The molecule has 2 aliphatic rings. The first-order valence-electron chi connectivity index (χ1n) is 7.43. The quantitative estimate of drug-likeness (QED) is 0.803. The lowest BCUT2D eigenvalue weighted by Crippen LogP contribution is -2.42. The molecule has 116 valence electrons. The van der Waals surface area contributed by atoms with Crippen molar-refractivity contribution in [2.24, 2.45) is 21.1 Å². The highest BCUT2D eigenvalue weighted by atomic mass is 32.2. The van der Waals surface area contributed by atoms with Gasteiger partial charge in [-0.25, -0.2) is 4.21 Å². The molecule has 0 saturated heterocycles. The lowest BCUT2D eigenvalue weighted by atomic mass is 9.70. The zero-order valence-corrected chi connectivity index (χ0v) is 13.9. The molecular weight excluding hydrogens is 286 g/mol. The fourth-order valence-electron chi connectivity index (χ4n) is 4.40. The van der Waals surface area contributed by atoms with E-state index in [1.165, 1.54) is 0 Å². The van der Waals surface area contributed by atoms with E-state index >= 15 is 0 Å². The molecule has 21 heavy (non-hydrogen) atoms. The van der Waals surface area contributed by atoms with E-state index in [-0.39, 0.29) is 22.2 Å². The fraction of sp³-hybridized carbons (Fsp3) is 0.688. The predicted molar refractivity (Wildman–Crippen MR) is 83.6 cm³/mol. The van der Waals surface area contributed by atoms with Crippen LogP contribution in [0.1, 0.15) is 39.4 Å². The van der Waals surface area contributed by atoms with E-state index in [4.69, 9.17) is 9.15 Å². The summed E-state index contributed by atoms with van der Waals surface area (Å²) in [7, 11) is 0.432. The smallest absolute Gasteiger partial charge is 0.145 e. The molecule has 0 aliphatic heterocycles. The van der Waals surface area contributed by atoms with Crippen LogP contribution in [0.2, 0.25) is 0 Å². The van der Waals surface area contributed by atoms with Crippen molar-refractivity contribution in [2.75, 3.05) is 7.11 Å². The first-order valence-corrected chi connectivity index (χ1v) is 8.60. The molecule has 1 heterocycles. The molecular formula is C16H23NO3S. The number of ether oxygens (including phenoxy) is 1. The summed E-state index contributed by atoms with van der Waals surface area (Å²) in [5.74, 6) is 1.02. The third-order valence-electron chi connectivity index (χ3n) is 6.01. The van der Waals surface area contributed by atoms with Crippen LogP contribution in [0.4, 0.5) is 0 Å². The van der Waals surface area contributed by atoms with Gasteiger partial charge in [-0.1, -0.05) is 20.8 Å². The third kappa shape index (κ3) is 2.05. The molecule has 0 amide bonds. The van der Waals surface area contributed by atoms with Crippen molar-refractivity contribution in [1.29, 1.82) is 0 Å². The lowest BCUT2D eigenvalue weighted by molar-refractivity contribution is -0.0181. The Hall–Kier alpha value is -0.940. The van der Waals surface area contributed by atoms with Crippen LogP contribution < -0.4 is 0 Å². The third-order valence-corrected chi connectivity index (χ3v) is 7.36. The number of nitrogens with zero attached hydrogens (tertiary/aromatic N) is 1. The van der Waals surface area contributed by atoms with Gasteiger partial charge in [0.05, 0.1) is 23.8 Å². The van der Waals surface area contributed by atoms with Crippen LogP contribution in [0.15, 0.2) is 27.2 Å². The first kappa shape index (κ1) is 15.0. The summed E-state index contributed by atoms with van der Waals surface area (Å²) in [6.07, 6.45) is 5.39. The van der Waals surface area contributed by atoms with Gasteiger partial charge in [0.2, 0.25) is 0 Å². The van der Waals surface area contributed by atoms with E-state index in [0.717, 1.165) is 12.8 Å². The van der Waals surface area contributed by atoms with E-state index < -0.39 is 11.0 Å². The maximum Gasteiger partial charge on any atom is 0.145 e. The van der Waals surface area contributed by atoms with Gasteiger partial charge in [0.25, 0.3) is 0 Å². The van der Waals surface area contributed by atoms with Crippen molar-refractivity contribution in [3.05, 3.63) is 24.2 Å². The number of rotatable bonds is 4. The van der Waals surface area contributed by atoms with Gasteiger partial charge in [-0.15, -0.1) is 0 Å². The Morgan fingerprint density at radius 3 is 2.86 bits per heavy atom. The number of furan rings is 1. The van der Waals surface area contributed by atoms with Crippen molar-refractivity contribution in [3.63, 3.8) is 0 Å². The summed E-state index contributed by atoms with van der Waals surface area (Å²) in [5.41, 5.74) is 0.209. The molecule has 0 unspecified atom stereocenters. The summed E-state index contributed by atoms with van der Waals surface area (Å²) >= 11 is 0. The minimum absolute atomic E-state index is 0.000773. The van der Waals surface area contributed by atoms with Gasteiger partial charge in [-0.05, 0) is 36.3 Å². The minimum Gasteiger partial charge on any atom is -0.463 e. The van der Waals surface area contributed by atoms with Crippen LogP contribution in [0.5, 0.6) is 0 Å². The van der Waals surface area contributed by atoms with Gasteiger partial charge in [-0.3, -0.25) is 0 Å². The van der Waals surface area contributed by atoms with Crippen molar-refractivity contribution in [1.82, 2.24) is 0 Å². The monoisotopic (exact) mass is 309 g/mol. The van der Waals surface area contributed by atoms with Gasteiger partial charge in [0.1, 0.15) is 16.7 Å². The van der Waals surface area contributed by atoms with Crippen LogP contribution in [-0.4, -0.2) is 28.9 Å². The van der Waals surface area contributed by atoms with Crippen LogP contribution in [0.25, 0.3) is 0 Å². The van der Waals surface area contributed by atoms with E-state index in [1.54, 1.807) is 31.7 Å². The largest absolute Gasteiger partial charge is 0.463 e. The van der Waals surface area contributed by atoms with Crippen molar-refractivity contribution < 1.29 is 13.4 Å². The van der Waals surface area contributed by atoms with E-state index in [9.17, 15) is 4.21 Å². The molecule has 2 fully saturated rings. The number of methoxy groups -OCH3 is 1. The normalized spacial score (nSPS) is 39.1. The Bertz CT molecular complexity index is 566. The molecule has 3 rings (SSSR count). The molecule has 2 aliphatic carbocycles. The molecule has 0 N–H and O–H groups in total. The lowest BCUT2D eigenvalue weighted by Gasteiger charge is -2.38. The highest BCUT2D eigenvalue weighted by Gasteiger charge is 2.68. The molecule has 0 radical (unpaired) electrons. The SMILES string of the molecule is CO[C@@H]1[C@H]([S@@](=O)/N=C/c2ccco2)[C@H]2CC[C@]1(C)C2(C)C. The Morgan fingerprint density at radius 1 is 1.48 bits per heavy atom. The number of fused-ring (bicyclic) bond motifs is 2. The highest BCUT2D eigenvalue weighted by Crippen LogP contribution is 2.67. The Kier molecular flexibility index (Phi) is 3.61. The molecule has 4 nitrogen and oxygen atoms in total. The van der Waals surface area contributed by atoms with E-state index in [0.29, 0.717) is 11.7 Å². The topological polar surface area (TPSA) is 51.8 Å². The number of hydrogen-bond donors (Lipinski definition) is 0. The van der Waals surface area contributed by atoms with Crippen molar-refractivity contribution in [3.8, 4) is 0 Å². The van der Waals surface area contributed by atoms with Gasteiger partial charge >= 0.3 is 0 Å². The van der Waals surface area contributed by atoms with Crippen LogP contribution in [-0.2, 0) is 15.7 Å². The van der Waals surface area contributed by atoms with Crippen molar-refractivity contribution in [2.45, 2.75) is 45.0 Å². The Balaban J connectivity index is 1.86. The Morgan fingerprint density at radius 2 is 2.24 bits per heavy atom. The Labute approximate surface area is 128 Å². The molecule has 5 atom stereocenters. The zero-order valence-electron chi connectivity index (χ0n) is 13.0. The molecule has 0 aromatic carbocycles. The summed E-state index contributed by atoms with van der Waals surface area (Å²) in [5, 5.41) is -0.0324. The molecule has 1 aromatic rings. The average Bonchev–Trinajstić information content (AvgIpc) is 3.07. The molecule has 1 aromatic heterocycles. The second-order valence-corrected chi connectivity index (χ2v) is 8.24. The summed E-state index contributed by atoms with van der Waals surface area (Å²) in [6, 6.07) is 3.60. The highest BCUT2D eigenvalue weighted by molar-refractivity contribution is 7.84. The summed E-state index contributed by atoms with van der Waals surface area (Å²) in [6.45, 7) is 6.84. The van der Waals surface area contributed by atoms with Gasteiger partial charge < -0.3 is 9.15 Å². The standard InChI is InChI=1S/C16H23NO3S/c1-15(2)12-7-8-16(15,3)14(19-4)13(12)21(18)17-10-11-6-5-9-20-11/h5-6,9-10,12-14H,7-8H2,1-4H3/b17-10+/t12-,13-,14-,16+,21-/m1/s1. The van der Waals surface area contributed by atoms with E-state index in [2.05, 4.69) is 25.2 Å². The van der Waals surface area contributed by atoms with Gasteiger partial charge in [0, 0.05) is 12.5 Å². The summed E-state index contributed by atoms with van der Waals surface area (Å²) in [4.78, 5) is 0. The minimum atomic E-state index is -1.30. The molecule has 2 saturated carbocycles. The second kappa shape index (κ2) is 5.06. The maximum absolute atomic E-state index is 12.7. The molecule has 2 bridgehead atoms.